The van der Waals surface area contributed by atoms with Crippen LogP contribution in [0.5, 0.6) is 5.75 Å². The molecule has 1 nitrogen and oxygen atoms in total. The van der Waals surface area contributed by atoms with Crippen molar-refractivity contribution in [3.63, 3.8) is 0 Å². The summed E-state index contributed by atoms with van der Waals surface area (Å²) in [6, 6.07) is 8.71. The average molecular weight is 231 g/mol. The van der Waals surface area contributed by atoms with Crippen LogP contribution in [0, 0.1) is 0 Å². The summed E-state index contributed by atoms with van der Waals surface area (Å²) in [5, 5.41) is 8.63. The lowest BCUT2D eigenvalue weighted by atomic mass is 10.3. The van der Waals surface area contributed by atoms with Gasteiger partial charge in [-0.15, -0.1) is 0 Å². The lowest BCUT2D eigenvalue weighted by molar-refractivity contribution is 0.475. The number of hydrogen-bond acceptors (Lipinski definition) is 1. The fourth-order valence-electron chi connectivity index (χ4n) is 0.428. The van der Waals surface area contributed by atoms with E-state index in [2.05, 4.69) is 34.8 Å². The topological polar surface area (TPSA) is 20.2 Å². The van der Waals surface area contributed by atoms with Crippen LogP contribution in [0.4, 0.5) is 4.39 Å². The van der Waals surface area contributed by atoms with E-state index in [1.165, 1.54) is 0 Å². The van der Waals surface area contributed by atoms with Gasteiger partial charge in [-0.25, -0.2) is 0 Å². The van der Waals surface area contributed by atoms with E-state index in [0.29, 0.717) is 5.75 Å². The van der Waals surface area contributed by atoms with E-state index in [4.69, 9.17) is 5.11 Å². The number of phenolic OH excluding ortho intramolecular Hbond substituents is 1. The van der Waals surface area contributed by atoms with Gasteiger partial charge in [0.15, 0.2) is 0 Å². The molecule has 0 aromatic heterocycles. The molecule has 1 aromatic carbocycles. The molecule has 1 rings (SSSR count). The lowest BCUT2D eigenvalue weighted by Crippen LogP contribution is -1.83. The summed E-state index contributed by atoms with van der Waals surface area (Å²) in [4.78, 5) is 0. The fraction of sp³-hybridized carbons (Fsp3) is 0.143. The minimum Gasteiger partial charge on any atom is -0.508 e. The number of phenols is 1. The van der Waals surface area contributed by atoms with Crippen molar-refractivity contribution in [2.24, 2.45) is 0 Å². The summed E-state index contributed by atoms with van der Waals surface area (Å²) in [6.45, 7) is 0. The van der Waals surface area contributed by atoms with Gasteiger partial charge in [-0.05, 0) is 46.9 Å². The summed E-state index contributed by atoms with van der Waals surface area (Å²) < 4.78 is 8.40. The van der Waals surface area contributed by atoms with Crippen LogP contribution in [0.15, 0.2) is 30.3 Å². The fourth-order valence-corrected chi connectivity index (χ4v) is 0.428. The minimum atomic E-state index is -2.58. The molecule has 1 N–H and O–H groups in total. The summed E-state index contributed by atoms with van der Waals surface area (Å²) in [5.41, 5.74) is 0. The van der Waals surface area contributed by atoms with Gasteiger partial charge in [0.2, 0.25) is 0 Å². The normalized spacial score (nSPS) is 10.0. The summed E-state index contributed by atoms with van der Waals surface area (Å²) in [5.74, 6) is 0.322. The molecule has 1 aromatic rings. The van der Waals surface area contributed by atoms with Crippen molar-refractivity contribution < 1.29 is 9.50 Å². The molecule has 0 aliphatic rings. The minimum absolute atomic E-state index is 0.322. The van der Waals surface area contributed by atoms with Gasteiger partial charge in [-0.3, -0.25) is 0 Å². The first-order valence-electron chi connectivity index (χ1n) is 2.89. The molecule has 0 saturated heterocycles. The van der Waals surface area contributed by atoms with Crippen LogP contribution in [0.25, 0.3) is 0 Å². The highest BCUT2D eigenvalue weighted by Gasteiger charge is 2.14. The Morgan fingerprint density at radius 2 is 1.42 bits per heavy atom. The molecule has 0 fully saturated rings. The first kappa shape index (κ1) is 11.8. The summed E-state index contributed by atoms with van der Waals surface area (Å²) in [6.07, 6.45) is 0. The van der Waals surface area contributed by atoms with Gasteiger partial charge >= 0.3 is 4.05 Å². The highest BCUT2D eigenvalue weighted by atomic mass is 35.6. The monoisotopic (exact) mass is 230 g/mol. The van der Waals surface area contributed by atoms with Gasteiger partial charge < -0.3 is 5.11 Å². The van der Waals surface area contributed by atoms with Crippen molar-refractivity contribution in [3.05, 3.63) is 30.3 Å². The molecule has 0 radical (unpaired) electrons. The SMILES string of the molecule is FC(Cl)(Cl)Cl.Oc1ccccc1. The molecule has 5 heteroatoms. The molecule has 0 unspecified atom stereocenters. The third kappa shape index (κ3) is 12.5. The lowest BCUT2D eigenvalue weighted by Gasteiger charge is -1.89. The summed E-state index contributed by atoms with van der Waals surface area (Å²) in [7, 11) is 0. The van der Waals surface area contributed by atoms with Crippen molar-refractivity contribution in [2.75, 3.05) is 0 Å². The van der Waals surface area contributed by atoms with Gasteiger partial charge in [-0.1, -0.05) is 18.2 Å². The van der Waals surface area contributed by atoms with Crippen LogP contribution in [-0.4, -0.2) is 9.15 Å². The Morgan fingerprint density at radius 1 is 1.08 bits per heavy atom. The van der Waals surface area contributed by atoms with Crippen LogP contribution in [0.3, 0.4) is 0 Å². The molecule has 0 aliphatic carbocycles. The molecule has 0 atom stereocenters. The number of alkyl halides is 4. The predicted octanol–water partition coefficient (Wildman–Crippen LogP) is 3.68. The standard InChI is InChI=1S/C6H6O.CCl3F/c7-6-4-2-1-3-5-6;2-1(3,4)5/h1-5,7H;. The van der Waals surface area contributed by atoms with Crippen LogP contribution < -0.4 is 0 Å². The van der Waals surface area contributed by atoms with Crippen molar-refractivity contribution in [1.82, 2.24) is 0 Å². The summed E-state index contributed by atoms with van der Waals surface area (Å²) >= 11 is 13.2. The molecular formula is C7H6Cl3FO. The zero-order valence-electron chi connectivity index (χ0n) is 5.85. The van der Waals surface area contributed by atoms with E-state index in [-0.39, 0.29) is 0 Å². The van der Waals surface area contributed by atoms with E-state index in [1.807, 2.05) is 6.07 Å². The van der Waals surface area contributed by atoms with Crippen molar-refractivity contribution in [3.8, 4) is 5.75 Å². The van der Waals surface area contributed by atoms with Crippen LogP contribution in [0.2, 0.25) is 0 Å². The Hall–Kier alpha value is -0.180. The number of benzene rings is 1. The molecule has 12 heavy (non-hydrogen) atoms. The van der Waals surface area contributed by atoms with Crippen molar-refractivity contribution >= 4 is 34.8 Å². The second-order valence-electron chi connectivity index (χ2n) is 1.76. The Balaban J connectivity index is 0.000000217. The predicted molar refractivity (Wildman–Crippen MR) is 49.5 cm³/mol. The van der Waals surface area contributed by atoms with Gasteiger partial charge in [-0.2, -0.15) is 4.39 Å². The highest BCUT2D eigenvalue weighted by Crippen LogP contribution is 2.26. The molecule has 0 saturated carbocycles. The van der Waals surface area contributed by atoms with E-state index in [0.717, 1.165) is 0 Å². The molecule has 0 amide bonds. The Kier molecular flexibility index (Phi) is 5.38. The van der Waals surface area contributed by atoms with Crippen LogP contribution in [-0.2, 0) is 0 Å². The zero-order chi connectivity index (χ0) is 9.61. The molecule has 0 heterocycles. The molecule has 0 spiro atoms. The Bertz CT molecular complexity index is 204. The molecule has 68 valence electrons. The second-order valence-corrected chi connectivity index (χ2v) is 3.91. The third-order valence-corrected chi connectivity index (χ3v) is 0.756. The number of rotatable bonds is 0. The molecular weight excluding hydrogens is 225 g/mol. The van der Waals surface area contributed by atoms with Gasteiger partial charge in [0.25, 0.3) is 0 Å². The zero-order valence-corrected chi connectivity index (χ0v) is 8.11. The highest BCUT2D eigenvalue weighted by molar-refractivity contribution is 6.66. The van der Waals surface area contributed by atoms with Gasteiger partial charge in [0, 0.05) is 0 Å². The number of hydrogen-bond donors (Lipinski definition) is 1. The molecule has 0 bridgehead atoms. The second kappa shape index (κ2) is 5.46. The van der Waals surface area contributed by atoms with Crippen molar-refractivity contribution in [2.45, 2.75) is 4.05 Å². The van der Waals surface area contributed by atoms with Crippen LogP contribution in [0.1, 0.15) is 0 Å². The Labute approximate surface area is 84.7 Å². The largest absolute Gasteiger partial charge is 0.508 e. The number of aromatic hydroxyl groups is 1. The van der Waals surface area contributed by atoms with Gasteiger partial charge in [0.1, 0.15) is 5.75 Å². The average Bonchev–Trinajstić information content (AvgIpc) is 1.85. The van der Waals surface area contributed by atoms with E-state index in [9.17, 15) is 4.39 Å². The van der Waals surface area contributed by atoms with Crippen molar-refractivity contribution in [1.29, 1.82) is 0 Å². The first-order valence-corrected chi connectivity index (χ1v) is 4.02. The number of para-hydroxylation sites is 1. The number of halogens is 4. The van der Waals surface area contributed by atoms with E-state index >= 15 is 0 Å². The smallest absolute Gasteiger partial charge is 0.333 e. The van der Waals surface area contributed by atoms with E-state index < -0.39 is 4.05 Å². The Morgan fingerprint density at radius 3 is 1.58 bits per heavy atom. The quantitative estimate of drug-likeness (QED) is 0.675. The van der Waals surface area contributed by atoms with E-state index in [1.54, 1.807) is 24.3 Å². The maximum absolute atomic E-state index is 11.0. The maximum atomic E-state index is 11.0. The first-order chi connectivity index (χ1) is 5.39. The van der Waals surface area contributed by atoms with Crippen LogP contribution >= 0.6 is 34.8 Å². The van der Waals surface area contributed by atoms with Gasteiger partial charge in [0.05, 0.1) is 0 Å². The maximum Gasteiger partial charge on any atom is 0.333 e. The third-order valence-electron chi connectivity index (χ3n) is 0.756. The molecule has 0 aliphatic heterocycles.